The van der Waals surface area contributed by atoms with Crippen molar-refractivity contribution in [2.45, 2.75) is 38.1 Å². The molecule has 2 aliphatic rings. The van der Waals surface area contributed by atoms with E-state index in [9.17, 15) is 4.79 Å². The van der Waals surface area contributed by atoms with Crippen molar-refractivity contribution in [3.8, 4) is 0 Å². The van der Waals surface area contributed by atoms with Crippen LogP contribution < -0.4 is 15.5 Å². The second-order valence-electron chi connectivity index (χ2n) is 8.20. The first-order valence-corrected chi connectivity index (χ1v) is 10.7. The number of aromatic nitrogens is 1. The van der Waals surface area contributed by atoms with Crippen molar-refractivity contribution in [3.63, 3.8) is 0 Å². The van der Waals surface area contributed by atoms with Crippen LogP contribution in [0.4, 0.5) is 17.2 Å². The van der Waals surface area contributed by atoms with E-state index in [0.29, 0.717) is 11.6 Å². The van der Waals surface area contributed by atoms with Crippen LogP contribution in [0.3, 0.4) is 0 Å². The van der Waals surface area contributed by atoms with Gasteiger partial charge >= 0.3 is 0 Å². The van der Waals surface area contributed by atoms with Crippen LogP contribution >= 0.6 is 0 Å². The normalized spacial score (nSPS) is 18.4. The fraction of sp³-hybridized carbons (Fsp3) is 0.478. The Morgan fingerprint density at radius 3 is 2.34 bits per heavy atom. The smallest absolute Gasteiger partial charge is 0.253 e. The molecule has 154 valence electrons. The molecule has 2 aromatic rings. The van der Waals surface area contributed by atoms with Crippen molar-refractivity contribution in [3.05, 3.63) is 48.2 Å². The van der Waals surface area contributed by atoms with E-state index < -0.39 is 0 Å². The third-order valence-corrected chi connectivity index (χ3v) is 5.97. The zero-order valence-corrected chi connectivity index (χ0v) is 17.2. The van der Waals surface area contributed by atoms with Crippen LogP contribution in [0.15, 0.2) is 42.6 Å². The van der Waals surface area contributed by atoms with E-state index in [1.807, 2.05) is 12.1 Å². The molecule has 29 heavy (non-hydrogen) atoms. The summed E-state index contributed by atoms with van der Waals surface area (Å²) in [5.41, 5.74) is 2.87. The van der Waals surface area contributed by atoms with Gasteiger partial charge in [0.15, 0.2) is 0 Å². The van der Waals surface area contributed by atoms with Crippen LogP contribution in [0.5, 0.6) is 0 Å². The first-order valence-electron chi connectivity index (χ1n) is 10.7. The molecule has 2 N–H and O–H groups in total. The van der Waals surface area contributed by atoms with Crippen molar-refractivity contribution in [2.24, 2.45) is 0 Å². The second-order valence-corrected chi connectivity index (χ2v) is 8.20. The van der Waals surface area contributed by atoms with Crippen molar-refractivity contribution in [2.75, 3.05) is 43.4 Å². The molecule has 2 heterocycles. The summed E-state index contributed by atoms with van der Waals surface area (Å²) in [6, 6.07) is 12.5. The van der Waals surface area contributed by atoms with E-state index in [1.165, 1.54) is 24.9 Å². The Kier molecular flexibility index (Phi) is 6.30. The Labute approximate surface area is 173 Å². The summed E-state index contributed by atoms with van der Waals surface area (Å²) in [6.07, 6.45) is 7.52. The molecule has 0 atom stereocenters. The number of benzene rings is 1. The SMILES string of the molecule is CN1CCN(c2ccc(Nc3ccc(C(=O)NC4CCCCC4)cn3)cc2)CC1. The number of carbonyl (C=O) groups excluding carboxylic acids is 1. The minimum Gasteiger partial charge on any atom is -0.369 e. The van der Waals surface area contributed by atoms with Gasteiger partial charge in [-0.15, -0.1) is 0 Å². The van der Waals surface area contributed by atoms with Gasteiger partial charge in [0.1, 0.15) is 5.82 Å². The van der Waals surface area contributed by atoms with Gasteiger partial charge in [0.05, 0.1) is 5.56 Å². The van der Waals surface area contributed by atoms with Gasteiger partial charge < -0.3 is 20.4 Å². The number of likely N-dealkylation sites (N-methyl/N-ethyl adjacent to an activating group) is 1. The monoisotopic (exact) mass is 393 g/mol. The summed E-state index contributed by atoms with van der Waals surface area (Å²) in [5.74, 6) is 0.721. The van der Waals surface area contributed by atoms with Gasteiger partial charge in [0.2, 0.25) is 0 Å². The number of anilines is 3. The summed E-state index contributed by atoms with van der Waals surface area (Å²) < 4.78 is 0. The first kappa shape index (κ1) is 19.7. The average Bonchev–Trinajstić information content (AvgIpc) is 2.76. The van der Waals surface area contributed by atoms with Crippen molar-refractivity contribution in [1.82, 2.24) is 15.2 Å². The average molecular weight is 394 g/mol. The van der Waals surface area contributed by atoms with Crippen molar-refractivity contribution < 1.29 is 4.79 Å². The quantitative estimate of drug-likeness (QED) is 0.812. The molecule has 2 fully saturated rings. The molecule has 1 aromatic heterocycles. The molecule has 4 rings (SSSR count). The van der Waals surface area contributed by atoms with Gasteiger partial charge in [0, 0.05) is 49.8 Å². The highest BCUT2D eigenvalue weighted by Crippen LogP contribution is 2.22. The Hall–Kier alpha value is -2.60. The predicted octanol–water partition coefficient (Wildman–Crippen LogP) is 3.64. The molecule has 1 amide bonds. The molecule has 0 unspecified atom stereocenters. The van der Waals surface area contributed by atoms with Gasteiger partial charge in [-0.1, -0.05) is 19.3 Å². The lowest BCUT2D eigenvalue weighted by Crippen LogP contribution is -2.44. The van der Waals surface area contributed by atoms with Crippen LogP contribution in [-0.2, 0) is 0 Å². The molecular formula is C23H31N5O. The highest BCUT2D eigenvalue weighted by Gasteiger charge is 2.17. The summed E-state index contributed by atoms with van der Waals surface area (Å²) in [4.78, 5) is 21.6. The molecule has 1 saturated heterocycles. The van der Waals surface area contributed by atoms with Gasteiger partial charge in [-0.05, 0) is 56.3 Å². The van der Waals surface area contributed by atoms with Gasteiger partial charge in [0.25, 0.3) is 5.91 Å². The molecular weight excluding hydrogens is 362 g/mol. The van der Waals surface area contributed by atoms with Crippen LogP contribution in [0.25, 0.3) is 0 Å². The molecule has 1 aliphatic heterocycles. The molecule has 0 bridgehead atoms. The minimum absolute atomic E-state index is 0.0209. The summed E-state index contributed by atoms with van der Waals surface area (Å²) in [5, 5.41) is 6.46. The zero-order chi connectivity index (χ0) is 20.1. The molecule has 0 spiro atoms. The highest BCUT2D eigenvalue weighted by atomic mass is 16.1. The maximum atomic E-state index is 12.4. The van der Waals surface area contributed by atoms with E-state index in [2.05, 4.69) is 56.7 Å². The lowest BCUT2D eigenvalue weighted by molar-refractivity contribution is 0.0927. The summed E-state index contributed by atoms with van der Waals surface area (Å²) in [7, 11) is 2.17. The zero-order valence-electron chi connectivity index (χ0n) is 17.2. The van der Waals surface area contributed by atoms with Crippen molar-refractivity contribution in [1.29, 1.82) is 0 Å². The van der Waals surface area contributed by atoms with Crippen LogP contribution in [-0.4, -0.2) is 55.1 Å². The highest BCUT2D eigenvalue weighted by molar-refractivity contribution is 5.94. The Morgan fingerprint density at radius 2 is 1.69 bits per heavy atom. The minimum atomic E-state index is -0.0209. The number of nitrogens with zero attached hydrogens (tertiary/aromatic N) is 3. The number of piperazine rings is 1. The fourth-order valence-electron chi connectivity index (χ4n) is 4.09. The maximum Gasteiger partial charge on any atom is 0.253 e. The molecule has 6 heteroatoms. The third-order valence-electron chi connectivity index (χ3n) is 5.97. The molecule has 1 aromatic carbocycles. The Morgan fingerprint density at radius 1 is 0.966 bits per heavy atom. The topological polar surface area (TPSA) is 60.5 Å². The van der Waals surface area contributed by atoms with Gasteiger partial charge in [-0.3, -0.25) is 4.79 Å². The number of pyridine rings is 1. The first-order chi connectivity index (χ1) is 14.2. The standard InChI is InChI=1S/C23H31N5O/c1-27-13-15-28(16-14-27)21-10-8-20(9-11-21)25-22-12-7-18(17-24-22)23(29)26-19-5-3-2-4-6-19/h7-12,17,19H,2-6,13-16H2,1H3,(H,24,25)(H,26,29). The number of amides is 1. The molecule has 1 saturated carbocycles. The van der Waals surface area contributed by atoms with Crippen molar-refractivity contribution >= 4 is 23.1 Å². The van der Waals surface area contributed by atoms with E-state index >= 15 is 0 Å². The van der Waals surface area contributed by atoms with E-state index in [0.717, 1.165) is 50.5 Å². The number of hydrogen-bond acceptors (Lipinski definition) is 5. The molecule has 0 radical (unpaired) electrons. The number of nitrogens with one attached hydrogen (secondary N) is 2. The Balaban J connectivity index is 1.32. The fourth-order valence-corrected chi connectivity index (χ4v) is 4.09. The Bertz CT molecular complexity index is 791. The van der Waals surface area contributed by atoms with Crippen LogP contribution in [0.1, 0.15) is 42.5 Å². The summed E-state index contributed by atoms with van der Waals surface area (Å²) >= 11 is 0. The number of hydrogen-bond donors (Lipinski definition) is 2. The molecule has 1 aliphatic carbocycles. The van der Waals surface area contributed by atoms with E-state index in [-0.39, 0.29) is 5.91 Å². The predicted molar refractivity (Wildman–Crippen MR) is 118 cm³/mol. The number of rotatable bonds is 5. The van der Waals surface area contributed by atoms with Gasteiger partial charge in [-0.2, -0.15) is 0 Å². The largest absolute Gasteiger partial charge is 0.369 e. The maximum absolute atomic E-state index is 12.4. The number of carbonyl (C=O) groups is 1. The van der Waals surface area contributed by atoms with Gasteiger partial charge in [-0.25, -0.2) is 4.98 Å². The summed E-state index contributed by atoms with van der Waals surface area (Å²) in [6.45, 7) is 4.33. The third kappa shape index (κ3) is 5.26. The lowest BCUT2D eigenvalue weighted by Gasteiger charge is -2.34. The molecule has 6 nitrogen and oxygen atoms in total. The van der Waals surface area contributed by atoms with Crippen LogP contribution in [0, 0.1) is 0 Å². The lowest BCUT2D eigenvalue weighted by atomic mass is 9.95. The van der Waals surface area contributed by atoms with E-state index in [1.54, 1.807) is 6.20 Å². The van der Waals surface area contributed by atoms with Crippen LogP contribution in [0.2, 0.25) is 0 Å². The second kappa shape index (κ2) is 9.27. The van der Waals surface area contributed by atoms with E-state index in [4.69, 9.17) is 0 Å².